The minimum Gasteiger partial charge on any atom is -0.351 e. The number of carbonyl (C=O) groups is 1. The largest absolute Gasteiger partial charge is 0.351 e. The van der Waals surface area contributed by atoms with Crippen LogP contribution in [0.15, 0.2) is 72.1 Å². The average Bonchev–Trinajstić information content (AvgIpc) is 3.16. The molecule has 0 aliphatic carbocycles. The van der Waals surface area contributed by atoms with Crippen LogP contribution < -0.4 is 5.32 Å². The summed E-state index contributed by atoms with van der Waals surface area (Å²) in [5, 5.41) is 3.92. The number of nitrogens with one attached hydrogen (secondary N) is 1. The van der Waals surface area contributed by atoms with E-state index in [0.717, 1.165) is 34.1 Å². The first-order valence-corrected chi connectivity index (χ1v) is 12.0. The zero-order chi connectivity index (χ0) is 23.2. The molecule has 0 aliphatic rings. The molecule has 2 heterocycles. The van der Waals surface area contributed by atoms with E-state index in [4.69, 9.17) is 4.98 Å². The highest BCUT2D eigenvalue weighted by Gasteiger charge is 2.13. The van der Waals surface area contributed by atoms with E-state index >= 15 is 0 Å². The van der Waals surface area contributed by atoms with Crippen LogP contribution in [-0.2, 0) is 12.3 Å². The molecule has 0 unspecified atom stereocenters. The van der Waals surface area contributed by atoms with Crippen molar-refractivity contribution in [3.05, 3.63) is 89.2 Å². The molecule has 6 nitrogen and oxygen atoms in total. The molecule has 0 fully saturated rings. The molecule has 33 heavy (non-hydrogen) atoms. The Kier molecular flexibility index (Phi) is 7.42. The SMILES string of the molecule is Cc1ccccc1CSc1nc2ccncc2n1Cc1ccc(C(=O)NCCN(C)C)cc1. The molecule has 170 valence electrons. The van der Waals surface area contributed by atoms with Crippen molar-refractivity contribution in [2.75, 3.05) is 27.2 Å². The number of thioether (sulfide) groups is 1. The average molecular weight is 460 g/mol. The molecule has 1 N–H and O–H groups in total. The van der Waals surface area contributed by atoms with Gasteiger partial charge >= 0.3 is 0 Å². The fraction of sp³-hybridized carbons (Fsp3) is 0.269. The highest BCUT2D eigenvalue weighted by molar-refractivity contribution is 7.98. The van der Waals surface area contributed by atoms with Crippen molar-refractivity contribution in [2.24, 2.45) is 0 Å². The molecule has 4 aromatic rings. The van der Waals surface area contributed by atoms with Crippen molar-refractivity contribution >= 4 is 28.7 Å². The van der Waals surface area contributed by atoms with Gasteiger partial charge in [-0.15, -0.1) is 0 Å². The summed E-state index contributed by atoms with van der Waals surface area (Å²) in [6, 6.07) is 18.2. The Labute approximate surface area is 199 Å². The van der Waals surface area contributed by atoms with E-state index < -0.39 is 0 Å². The van der Waals surface area contributed by atoms with Crippen LogP contribution in [0.2, 0.25) is 0 Å². The number of carbonyl (C=O) groups excluding carboxylic acids is 1. The Balaban J connectivity index is 1.51. The first-order valence-electron chi connectivity index (χ1n) is 11.0. The lowest BCUT2D eigenvalue weighted by atomic mass is 10.1. The molecule has 7 heteroatoms. The normalized spacial score (nSPS) is 11.3. The number of aromatic nitrogens is 3. The number of rotatable bonds is 9. The lowest BCUT2D eigenvalue weighted by Crippen LogP contribution is -2.31. The Morgan fingerprint density at radius 2 is 1.88 bits per heavy atom. The van der Waals surface area contributed by atoms with E-state index in [1.54, 1.807) is 18.0 Å². The van der Waals surface area contributed by atoms with Gasteiger partial charge in [-0.2, -0.15) is 0 Å². The Morgan fingerprint density at radius 1 is 1.09 bits per heavy atom. The van der Waals surface area contributed by atoms with E-state index in [-0.39, 0.29) is 5.91 Å². The molecule has 0 saturated carbocycles. The van der Waals surface area contributed by atoms with Gasteiger partial charge < -0.3 is 14.8 Å². The van der Waals surface area contributed by atoms with Gasteiger partial charge in [0.1, 0.15) is 0 Å². The first kappa shape index (κ1) is 23.0. The standard InChI is InChI=1S/C26H29N5OS/c1-19-6-4-5-7-22(19)18-33-26-29-23-12-13-27-16-24(23)31(26)17-20-8-10-21(11-9-20)25(32)28-14-15-30(2)3/h4-13,16H,14-15,17-18H2,1-3H3,(H,28,32). The van der Waals surface area contributed by atoms with Crippen molar-refractivity contribution in [1.82, 2.24) is 24.8 Å². The molecule has 0 saturated heterocycles. The molecule has 0 atom stereocenters. The molecule has 0 radical (unpaired) electrons. The number of fused-ring (bicyclic) bond motifs is 1. The molecule has 0 spiro atoms. The zero-order valence-corrected chi connectivity index (χ0v) is 20.1. The van der Waals surface area contributed by atoms with E-state index in [1.807, 2.05) is 55.5 Å². The van der Waals surface area contributed by atoms with Gasteiger partial charge in [0.15, 0.2) is 5.16 Å². The van der Waals surface area contributed by atoms with Crippen LogP contribution in [0.1, 0.15) is 27.0 Å². The fourth-order valence-electron chi connectivity index (χ4n) is 3.56. The van der Waals surface area contributed by atoms with Gasteiger partial charge in [0.25, 0.3) is 5.91 Å². The Morgan fingerprint density at radius 3 is 2.64 bits per heavy atom. The lowest BCUT2D eigenvalue weighted by Gasteiger charge is -2.12. The summed E-state index contributed by atoms with van der Waals surface area (Å²) in [5.74, 6) is 0.810. The van der Waals surface area contributed by atoms with Gasteiger partial charge in [-0.1, -0.05) is 48.2 Å². The summed E-state index contributed by atoms with van der Waals surface area (Å²) in [6.45, 7) is 4.25. The maximum Gasteiger partial charge on any atom is 0.251 e. The molecule has 1 amide bonds. The number of hydrogen-bond acceptors (Lipinski definition) is 5. The molecule has 2 aromatic carbocycles. The van der Waals surface area contributed by atoms with Crippen LogP contribution in [0.4, 0.5) is 0 Å². The minimum atomic E-state index is -0.0462. The van der Waals surface area contributed by atoms with E-state index in [0.29, 0.717) is 18.7 Å². The summed E-state index contributed by atoms with van der Waals surface area (Å²) < 4.78 is 2.21. The van der Waals surface area contributed by atoms with Crippen LogP contribution >= 0.6 is 11.8 Å². The second-order valence-corrected chi connectivity index (χ2v) is 9.26. The van der Waals surface area contributed by atoms with Crippen LogP contribution in [0, 0.1) is 6.92 Å². The van der Waals surface area contributed by atoms with E-state index in [1.165, 1.54) is 11.1 Å². The number of amides is 1. The third-order valence-corrected chi connectivity index (χ3v) is 6.56. The number of imidazole rings is 1. The highest BCUT2D eigenvalue weighted by Crippen LogP contribution is 2.28. The van der Waals surface area contributed by atoms with Crippen molar-refractivity contribution in [3.63, 3.8) is 0 Å². The molecule has 2 aromatic heterocycles. The summed E-state index contributed by atoms with van der Waals surface area (Å²) in [6.07, 6.45) is 3.64. The van der Waals surface area contributed by atoms with Gasteiger partial charge in [-0.05, 0) is 55.9 Å². The number of hydrogen-bond donors (Lipinski definition) is 1. The molecule has 0 aliphatic heterocycles. The minimum absolute atomic E-state index is 0.0462. The Hall–Kier alpha value is -3.16. The number of nitrogens with zero attached hydrogens (tertiary/aromatic N) is 4. The van der Waals surface area contributed by atoms with Crippen molar-refractivity contribution < 1.29 is 4.79 Å². The summed E-state index contributed by atoms with van der Waals surface area (Å²) >= 11 is 1.73. The van der Waals surface area contributed by atoms with E-state index in [9.17, 15) is 4.79 Å². The van der Waals surface area contributed by atoms with Gasteiger partial charge in [-0.3, -0.25) is 9.78 Å². The molecular weight excluding hydrogens is 430 g/mol. The third-order valence-electron chi connectivity index (χ3n) is 5.53. The molecular formula is C26H29N5OS. The predicted molar refractivity (Wildman–Crippen MR) is 135 cm³/mol. The summed E-state index contributed by atoms with van der Waals surface area (Å²) in [5.41, 5.74) is 6.33. The van der Waals surface area contributed by atoms with Gasteiger partial charge in [0.05, 0.1) is 23.8 Å². The van der Waals surface area contributed by atoms with Crippen molar-refractivity contribution in [2.45, 2.75) is 24.4 Å². The lowest BCUT2D eigenvalue weighted by molar-refractivity contribution is 0.0951. The topological polar surface area (TPSA) is 63.1 Å². The third kappa shape index (κ3) is 5.80. The smallest absolute Gasteiger partial charge is 0.251 e. The van der Waals surface area contributed by atoms with Crippen molar-refractivity contribution in [3.8, 4) is 0 Å². The summed E-state index contributed by atoms with van der Waals surface area (Å²) in [4.78, 5) is 23.6. The monoisotopic (exact) mass is 459 g/mol. The van der Waals surface area contributed by atoms with Crippen LogP contribution in [-0.4, -0.2) is 52.5 Å². The van der Waals surface area contributed by atoms with Crippen LogP contribution in [0.25, 0.3) is 11.0 Å². The second-order valence-electron chi connectivity index (χ2n) is 8.32. The van der Waals surface area contributed by atoms with Gasteiger partial charge in [0.2, 0.25) is 0 Å². The quantitative estimate of drug-likeness (QED) is 0.377. The van der Waals surface area contributed by atoms with Crippen LogP contribution in [0.3, 0.4) is 0 Å². The van der Waals surface area contributed by atoms with Gasteiger partial charge in [-0.25, -0.2) is 4.98 Å². The summed E-state index contributed by atoms with van der Waals surface area (Å²) in [7, 11) is 3.98. The Bertz CT molecular complexity index is 1230. The highest BCUT2D eigenvalue weighted by atomic mass is 32.2. The number of aryl methyl sites for hydroxylation is 1. The fourth-order valence-corrected chi connectivity index (χ4v) is 4.65. The number of benzene rings is 2. The van der Waals surface area contributed by atoms with E-state index in [2.05, 4.69) is 46.1 Å². The second kappa shape index (κ2) is 10.6. The van der Waals surface area contributed by atoms with Gasteiger partial charge in [0, 0.05) is 30.6 Å². The molecule has 4 rings (SSSR count). The zero-order valence-electron chi connectivity index (χ0n) is 19.3. The van der Waals surface area contributed by atoms with Crippen LogP contribution in [0.5, 0.6) is 0 Å². The van der Waals surface area contributed by atoms with Crippen molar-refractivity contribution in [1.29, 1.82) is 0 Å². The molecule has 0 bridgehead atoms. The maximum absolute atomic E-state index is 12.4. The number of pyridine rings is 1. The first-order chi connectivity index (χ1) is 16.0. The predicted octanol–water partition coefficient (Wildman–Crippen LogP) is 4.37. The number of likely N-dealkylation sites (N-methyl/N-ethyl adjacent to an activating group) is 1. The maximum atomic E-state index is 12.4.